The summed E-state index contributed by atoms with van der Waals surface area (Å²) in [4.78, 5) is 11.9. The first kappa shape index (κ1) is 17.1. The molecule has 0 fully saturated rings. The van der Waals surface area contributed by atoms with Gasteiger partial charge in [-0.25, -0.2) is 8.42 Å². The van der Waals surface area contributed by atoms with Gasteiger partial charge in [-0.3, -0.25) is 4.79 Å². The highest BCUT2D eigenvalue weighted by Gasteiger charge is 2.20. The number of nitrogens with zero attached hydrogens (tertiary/aromatic N) is 2. The molecule has 0 aliphatic heterocycles. The van der Waals surface area contributed by atoms with Crippen molar-refractivity contribution < 1.29 is 13.2 Å². The maximum Gasteiger partial charge on any atom is 0.225 e. The van der Waals surface area contributed by atoms with Crippen LogP contribution in [-0.4, -0.2) is 37.5 Å². The van der Waals surface area contributed by atoms with Crippen LogP contribution in [0.1, 0.15) is 25.8 Å². The Labute approximate surface area is 125 Å². The summed E-state index contributed by atoms with van der Waals surface area (Å²) in [5.41, 5.74) is 0.974. The van der Waals surface area contributed by atoms with E-state index in [0.29, 0.717) is 11.3 Å². The van der Waals surface area contributed by atoms with E-state index in [-0.39, 0.29) is 24.9 Å². The Morgan fingerprint density at radius 1 is 1.43 bits per heavy atom. The molecule has 0 bridgehead atoms. The average molecular weight is 309 g/mol. The first-order chi connectivity index (χ1) is 9.74. The number of carbonyl (C=O) groups excluding carboxylic acids is 1. The molecule has 6 nitrogen and oxygen atoms in total. The van der Waals surface area contributed by atoms with E-state index in [4.69, 9.17) is 5.26 Å². The molecule has 0 aliphatic rings. The molecule has 0 aliphatic carbocycles. The lowest BCUT2D eigenvalue weighted by molar-refractivity contribution is -0.116. The van der Waals surface area contributed by atoms with Crippen LogP contribution in [0.4, 0.5) is 5.69 Å². The Hall–Kier alpha value is -1.91. The minimum Gasteiger partial charge on any atom is -0.326 e. The predicted octanol–water partition coefficient (Wildman–Crippen LogP) is 1.56. The first-order valence-corrected chi connectivity index (χ1v) is 8.35. The third-order valence-corrected chi connectivity index (χ3v) is 4.29. The lowest BCUT2D eigenvalue weighted by Crippen LogP contribution is -2.38. The number of nitrogens with one attached hydrogen (secondary N) is 1. The number of hydrogen-bond donors (Lipinski definition) is 1. The average Bonchev–Trinajstić information content (AvgIpc) is 2.37. The van der Waals surface area contributed by atoms with Crippen molar-refractivity contribution >= 4 is 21.6 Å². The fraction of sp³-hybridized carbons (Fsp3) is 0.429. The SMILES string of the molecule is CC(C)N(CCC(=O)Nc1cccc(C#N)c1)S(C)(=O)=O. The van der Waals surface area contributed by atoms with E-state index in [1.807, 2.05) is 6.07 Å². The third kappa shape index (κ3) is 5.53. The summed E-state index contributed by atoms with van der Waals surface area (Å²) in [6.45, 7) is 3.64. The Kier molecular flexibility index (Phi) is 5.88. The van der Waals surface area contributed by atoms with Crippen molar-refractivity contribution in [2.75, 3.05) is 18.1 Å². The molecular formula is C14H19N3O3S. The van der Waals surface area contributed by atoms with Gasteiger partial charge in [-0.05, 0) is 32.0 Å². The minimum atomic E-state index is -3.33. The number of amides is 1. The number of nitriles is 1. The van der Waals surface area contributed by atoms with E-state index in [2.05, 4.69) is 5.32 Å². The molecular weight excluding hydrogens is 290 g/mol. The number of hydrogen-bond acceptors (Lipinski definition) is 4. The Balaban J connectivity index is 2.64. The van der Waals surface area contributed by atoms with Crippen LogP contribution in [0.2, 0.25) is 0 Å². The summed E-state index contributed by atoms with van der Waals surface area (Å²) in [5.74, 6) is -0.292. The van der Waals surface area contributed by atoms with Gasteiger partial charge in [0, 0.05) is 24.7 Å². The number of anilines is 1. The van der Waals surface area contributed by atoms with Gasteiger partial charge in [0.15, 0.2) is 0 Å². The smallest absolute Gasteiger partial charge is 0.225 e. The zero-order valence-corrected chi connectivity index (χ0v) is 13.1. The highest BCUT2D eigenvalue weighted by atomic mass is 32.2. The van der Waals surface area contributed by atoms with Gasteiger partial charge in [-0.1, -0.05) is 6.07 Å². The fourth-order valence-corrected chi connectivity index (χ4v) is 3.10. The van der Waals surface area contributed by atoms with Crippen molar-refractivity contribution in [3.8, 4) is 6.07 Å². The van der Waals surface area contributed by atoms with Gasteiger partial charge in [0.2, 0.25) is 15.9 Å². The molecule has 0 spiro atoms. The van der Waals surface area contributed by atoms with Crippen LogP contribution in [0, 0.1) is 11.3 Å². The second-order valence-corrected chi connectivity index (χ2v) is 6.89. The lowest BCUT2D eigenvalue weighted by atomic mass is 10.2. The molecule has 0 unspecified atom stereocenters. The van der Waals surface area contributed by atoms with E-state index in [0.717, 1.165) is 6.26 Å². The quantitative estimate of drug-likeness (QED) is 0.863. The highest BCUT2D eigenvalue weighted by Crippen LogP contribution is 2.11. The minimum absolute atomic E-state index is 0.0576. The first-order valence-electron chi connectivity index (χ1n) is 6.51. The second kappa shape index (κ2) is 7.20. The molecule has 1 amide bonds. The van der Waals surface area contributed by atoms with E-state index in [9.17, 15) is 13.2 Å². The van der Waals surface area contributed by atoms with Crippen LogP contribution in [0.3, 0.4) is 0 Å². The molecule has 0 aromatic heterocycles. The van der Waals surface area contributed by atoms with Crippen LogP contribution in [0.15, 0.2) is 24.3 Å². The molecule has 114 valence electrons. The second-order valence-electron chi connectivity index (χ2n) is 4.96. The van der Waals surface area contributed by atoms with Gasteiger partial charge in [-0.15, -0.1) is 0 Å². The topological polar surface area (TPSA) is 90.3 Å². The monoisotopic (exact) mass is 309 g/mol. The summed E-state index contributed by atoms with van der Waals surface area (Å²) in [6.07, 6.45) is 1.18. The van der Waals surface area contributed by atoms with E-state index in [1.54, 1.807) is 38.1 Å². The van der Waals surface area contributed by atoms with Gasteiger partial charge in [0.1, 0.15) is 0 Å². The van der Waals surface area contributed by atoms with Gasteiger partial charge in [-0.2, -0.15) is 9.57 Å². The Bertz CT molecular complexity index is 648. The van der Waals surface area contributed by atoms with Crippen LogP contribution >= 0.6 is 0 Å². The van der Waals surface area contributed by atoms with Crippen molar-refractivity contribution in [3.63, 3.8) is 0 Å². The summed E-state index contributed by atoms with van der Waals surface area (Å²) >= 11 is 0. The maximum absolute atomic E-state index is 11.9. The van der Waals surface area contributed by atoms with E-state index < -0.39 is 10.0 Å². The van der Waals surface area contributed by atoms with Crippen molar-refractivity contribution in [3.05, 3.63) is 29.8 Å². The van der Waals surface area contributed by atoms with E-state index in [1.165, 1.54) is 4.31 Å². The lowest BCUT2D eigenvalue weighted by Gasteiger charge is -2.23. The predicted molar refractivity (Wildman–Crippen MR) is 81.1 cm³/mol. The molecule has 0 heterocycles. The van der Waals surface area contributed by atoms with Crippen LogP contribution in [0.25, 0.3) is 0 Å². The molecule has 0 atom stereocenters. The normalized spacial score (nSPS) is 11.4. The maximum atomic E-state index is 11.9. The van der Waals surface area contributed by atoms with Gasteiger partial charge < -0.3 is 5.32 Å². The highest BCUT2D eigenvalue weighted by molar-refractivity contribution is 7.88. The van der Waals surface area contributed by atoms with Gasteiger partial charge in [0.25, 0.3) is 0 Å². The standard InChI is InChI=1S/C14H19N3O3S/c1-11(2)17(21(3,19)20)8-7-14(18)16-13-6-4-5-12(9-13)10-15/h4-6,9,11H,7-8H2,1-3H3,(H,16,18). The third-order valence-electron chi connectivity index (χ3n) is 2.84. The summed E-state index contributed by atoms with van der Waals surface area (Å²) < 4.78 is 24.4. The number of rotatable bonds is 6. The van der Waals surface area contributed by atoms with Crippen molar-refractivity contribution in [2.45, 2.75) is 26.3 Å². The molecule has 0 radical (unpaired) electrons. The molecule has 1 rings (SSSR count). The summed E-state index contributed by atoms with van der Waals surface area (Å²) in [6, 6.07) is 8.34. The fourth-order valence-electron chi connectivity index (χ4n) is 1.91. The zero-order chi connectivity index (χ0) is 16.0. The van der Waals surface area contributed by atoms with Crippen LogP contribution in [0.5, 0.6) is 0 Å². The van der Waals surface area contributed by atoms with Crippen molar-refractivity contribution in [1.82, 2.24) is 4.31 Å². The van der Waals surface area contributed by atoms with Gasteiger partial charge in [0.05, 0.1) is 17.9 Å². The zero-order valence-electron chi connectivity index (χ0n) is 12.3. The number of benzene rings is 1. The molecule has 7 heteroatoms. The molecule has 0 saturated heterocycles. The van der Waals surface area contributed by atoms with Crippen molar-refractivity contribution in [1.29, 1.82) is 5.26 Å². The molecule has 21 heavy (non-hydrogen) atoms. The van der Waals surface area contributed by atoms with E-state index >= 15 is 0 Å². The van der Waals surface area contributed by atoms with Crippen molar-refractivity contribution in [2.24, 2.45) is 0 Å². The van der Waals surface area contributed by atoms with Crippen LogP contribution < -0.4 is 5.32 Å². The molecule has 0 saturated carbocycles. The molecule has 1 N–H and O–H groups in total. The number of carbonyl (C=O) groups is 1. The largest absolute Gasteiger partial charge is 0.326 e. The van der Waals surface area contributed by atoms with Crippen LogP contribution in [-0.2, 0) is 14.8 Å². The Morgan fingerprint density at radius 2 is 2.10 bits per heavy atom. The molecule has 1 aromatic rings. The summed E-state index contributed by atoms with van der Waals surface area (Å²) in [7, 11) is -3.33. The Morgan fingerprint density at radius 3 is 2.62 bits per heavy atom. The van der Waals surface area contributed by atoms with Gasteiger partial charge >= 0.3 is 0 Å². The molecule has 1 aromatic carbocycles. The number of sulfonamides is 1. The summed E-state index contributed by atoms with van der Waals surface area (Å²) in [5, 5.41) is 11.4.